The minimum atomic E-state index is -0.294. The predicted molar refractivity (Wildman–Crippen MR) is 125 cm³/mol. The van der Waals surface area contributed by atoms with E-state index in [0.29, 0.717) is 6.42 Å². The lowest BCUT2D eigenvalue weighted by atomic mass is 9.75. The van der Waals surface area contributed by atoms with Gasteiger partial charge >= 0.3 is 5.97 Å². The Hall–Kier alpha value is -2.12. The summed E-state index contributed by atoms with van der Waals surface area (Å²) in [7, 11) is 4.23. The minimum absolute atomic E-state index is 0.0486. The van der Waals surface area contributed by atoms with Crippen molar-refractivity contribution < 1.29 is 19.1 Å². The summed E-state index contributed by atoms with van der Waals surface area (Å²) < 4.78 is 4.90. The lowest BCUT2D eigenvalue weighted by molar-refractivity contribution is -0.143. The summed E-state index contributed by atoms with van der Waals surface area (Å²) in [6, 6.07) is 8.15. The van der Waals surface area contributed by atoms with E-state index in [1.807, 2.05) is 18.2 Å². The van der Waals surface area contributed by atoms with Crippen molar-refractivity contribution in [2.45, 2.75) is 69.9 Å². The molecule has 8 heteroatoms. The maximum atomic E-state index is 12.3. The van der Waals surface area contributed by atoms with Crippen LogP contribution >= 0.6 is 11.6 Å². The number of amides is 2. The number of carbonyl (C=O) groups is 3. The Morgan fingerprint density at radius 2 is 1.84 bits per heavy atom. The molecule has 0 atom stereocenters. The topological polar surface area (TPSA) is 87.7 Å². The first-order chi connectivity index (χ1) is 15.2. The second kappa shape index (κ2) is 12.8. The summed E-state index contributed by atoms with van der Waals surface area (Å²) in [6.45, 7) is 2.12. The molecule has 1 aromatic carbocycles. The molecule has 2 amide bonds. The highest BCUT2D eigenvalue weighted by Gasteiger charge is 2.37. The quantitative estimate of drug-likeness (QED) is 0.387. The van der Waals surface area contributed by atoms with E-state index in [2.05, 4.69) is 35.7 Å². The molecule has 0 bridgehead atoms. The summed E-state index contributed by atoms with van der Waals surface area (Å²) in [5, 5.41) is 6.50. The largest absolute Gasteiger partial charge is 0.464 e. The number of nitrogens with one attached hydrogen (secondary N) is 2. The molecule has 1 fully saturated rings. The summed E-state index contributed by atoms with van der Waals surface area (Å²) in [4.78, 5) is 37.5. The van der Waals surface area contributed by atoms with Crippen LogP contribution in [0.4, 0.5) is 0 Å². The van der Waals surface area contributed by atoms with Gasteiger partial charge in [0.25, 0.3) is 0 Å². The molecule has 0 radical (unpaired) electrons. The van der Waals surface area contributed by atoms with Crippen LogP contribution in [0.15, 0.2) is 24.3 Å². The van der Waals surface area contributed by atoms with Gasteiger partial charge in [-0.1, -0.05) is 30.7 Å². The van der Waals surface area contributed by atoms with Crippen molar-refractivity contribution in [2.24, 2.45) is 0 Å². The minimum Gasteiger partial charge on any atom is -0.464 e. The molecule has 0 saturated heterocycles. The van der Waals surface area contributed by atoms with E-state index >= 15 is 0 Å². The maximum Gasteiger partial charge on any atom is 0.305 e. The molecule has 0 aliphatic heterocycles. The monoisotopic (exact) mass is 465 g/mol. The van der Waals surface area contributed by atoms with Gasteiger partial charge in [0.15, 0.2) is 0 Å². The van der Waals surface area contributed by atoms with Crippen molar-refractivity contribution in [1.82, 2.24) is 15.5 Å². The number of ether oxygens (including phenoxy) is 1. The summed E-state index contributed by atoms with van der Waals surface area (Å²) in [5.74, 6) is -0.615. The lowest BCUT2D eigenvalue weighted by Gasteiger charge is -2.45. The second-order valence-corrected chi connectivity index (χ2v) is 9.13. The van der Waals surface area contributed by atoms with Gasteiger partial charge in [-0.05, 0) is 63.9 Å². The van der Waals surface area contributed by atoms with Crippen LogP contribution in [0.2, 0.25) is 5.02 Å². The first kappa shape index (κ1) is 26.1. The smallest absolute Gasteiger partial charge is 0.305 e. The average Bonchev–Trinajstić information content (AvgIpc) is 2.76. The number of halogens is 1. The molecule has 1 aromatic rings. The SMILES string of the molecule is CCC(=O)OCCNC(=O)CCC(=O)NC1CCC(Cc2cccc(Cl)c2)(N(C)C)CC1. The highest BCUT2D eigenvalue weighted by Crippen LogP contribution is 2.35. The van der Waals surface area contributed by atoms with E-state index in [1.54, 1.807) is 6.92 Å². The number of hydrogen-bond acceptors (Lipinski definition) is 5. The van der Waals surface area contributed by atoms with Gasteiger partial charge in [-0.3, -0.25) is 14.4 Å². The van der Waals surface area contributed by atoms with Crippen LogP contribution in [-0.2, 0) is 25.5 Å². The molecule has 178 valence electrons. The Morgan fingerprint density at radius 3 is 2.47 bits per heavy atom. The van der Waals surface area contributed by atoms with Crippen molar-refractivity contribution in [1.29, 1.82) is 0 Å². The molecule has 2 N–H and O–H groups in total. The predicted octanol–water partition coefficient (Wildman–Crippen LogP) is 3.09. The normalized spacial score (nSPS) is 20.6. The van der Waals surface area contributed by atoms with Crippen molar-refractivity contribution in [3.63, 3.8) is 0 Å². The molecular weight excluding hydrogens is 430 g/mol. The van der Waals surface area contributed by atoms with Gasteiger partial charge in [-0.15, -0.1) is 0 Å². The summed E-state index contributed by atoms with van der Waals surface area (Å²) in [6.07, 6.45) is 5.28. The number of carbonyl (C=O) groups excluding carboxylic acids is 3. The zero-order chi connectivity index (χ0) is 23.6. The van der Waals surface area contributed by atoms with E-state index in [0.717, 1.165) is 37.1 Å². The molecule has 0 aromatic heterocycles. The van der Waals surface area contributed by atoms with Crippen molar-refractivity contribution >= 4 is 29.4 Å². The number of rotatable bonds is 11. The molecule has 2 rings (SSSR count). The third-order valence-corrected chi connectivity index (χ3v) is 6.44. The van der Waals surface area contributed by atoms with E-state index in [1.165, 1.54) is 5.56 Å². The first-order valence-electron chi connectivity index (χ1n) is 11.4. The zero-order valence-electron chi connectivity index (χ0n) is 19.4. The Morgan fingerprint density at radius 1 is 1.16 bits per heavy atom. The number of likely N-dealkylation sites (N-methyl/N-ethyl adjacent to an activating group) is 1. The highest BCUT2D eigenvalue weighted by molar-refractivity contribution is 6.30. The fourth-order valence-electron chi connectivity index (χ4n) is 4.18. The maximum absolute atomic E-state index is 12.3. The molecule has 0 spiro atoms. The van der Waals surface area contributed by atoms with Crippen molar-refractivity contribution in [2.75, 3.05) is 27.2 Å². The van der Waals surface area contributed by atoms with Gasteiger partial charge in [0.2, 0.25) is 11.8 Å². The van der Waals surface area contributed by atoms with Crippen LogP contribution in [0, 0.1) is 0 Å². The Kier molecular flexibility index (Phi) is 10.5. The van der Waals surface area contributed by atoms with E-state index in [9.17, 15) is 14.4 Å². The fourth-order valence-corrected chi connectivity index (χ4v) is 4.39. The second-order valence-electron chi connectivity index (χ2n) is 8.69. The molecule has 1 saturated carbocycles. The number of nitrogens with zero attached hydrogens (tertiary/aromatic N) is 1. The molecule has 0 heterocycles. The number of benzene rings is 1. The van der Waals surface area contributed by atoms with Crippen LogP contribution < -0.4 is 10.6 Å². The summed E-state index contributed by atoms with van der Waals surface area (Å²) in [5.41, 5.74) is 1.27. The zero-order valence-corrected chi connectivity index (χ0v) is 20.2. The van der Waals surface area contributed by atoms with Gasteiger partial charge in [-0.25, -0.2) is 0 Å². The van der Waals surface area contributed by atoms with E-state index in [-0.39, 0.29) is 55.4 Å². The van der Waals surface area contributed by atoms with Crippen LogP contribution in [0.1, 0.15) is 57.4 Å². The van der Waals surface area contributed by atoms with Gasteiger partial charge in [0, 0.05) is 35.9 Å². The Balaban J connectivity index is 1.72. The van der Waals surface area contributed by atoms with Gasteiger partial charge in [0.05, 0.1) is 6.54 Å². The standard InChI is InChI=1S/C24H36ClN3O4/c1-4-23(31)32-15-14-26-21(29)8-9-22(30)27-20-10-12-24(13-11-20,28(2)3)17-18-6-5-7-19(25)16-18/h5-7,16,20H,4,8-15,17H2,1-3H3,(H,26,29)(H,27,30). The molecule has 7 nitrogen and oxygen atoms in total. The third-order valence-electron chi connectivity index (χ3n) is 6.21. The third kappa shape index (κ3) is 8.43. The average molecular weight is 466 g/mol. The van der Waals surface area contributed by atoms with E-state index in [4.69, 9.17) is 16.3 Å². The molecule has 0 unspecified atom stereocenters. The highest BCUT2D eigenvalue weighted by atomic mass is 35.5. The Bertz CT molecular complexity index is 776. The van der Waals surface area contributed by atoms with Crippen LogP contribution in [-0.4, -0.2) is 61.5 Å². The van der Waals surface area contributed by atoms with Gasteiger partial charge in [-0.2, -0.15) is 0 Å². The van der Waals surface area contributed by atoms with E-state index < -0.39 is 0 Å². The van der Waals surface area contributed by atoms with Crippen LogP contribution in [0.5, 0.6) is 0 Å². The van der Waals surface area contributed by atoms with Gasteiger partial charge in [0.1, 0.15) is 6.61 Å². The van der Waals surface area contributed by atoms with Crippen molar-refractivity contribution in [3.8, 4) is 0 Å². The fraction of sp³-hybridized carbons (Fsp3) is 0.625. The molecule has 1 aliphatic carbocycles. The summed E-state index contributed by atoms with van der Waals surface area (Å²) >= 11 is 6.16. The van der Waals surface area contributed by atoms with Crippen LogP contribution in [0.3, 0.4) is 0 Å². The molecule has 1 aliphatic rings. The van der Waals surface area contributed by atoms with Crippen LogP contribution in [0.25, 0.3) is 0 Å². The van der Waals surface area contributed by atoms with Gasteiger partial charge < -0.3 is 20.3 Å². The lowest BCUT2D eigenvalue weighted by Crippen LogP contribution is -2.52. The number of hydrogen-bond donors (Lipinski definition) is 2. The molecular formula is C24H36ClN3O4. The molecule has 32 heavy (non-hydrogen) atoms. The Labute approximate surface area is 196 Å². The number of esters is 1. The van der Waals surface area contributed by atoms with Crippen molar-refractivity contribution in [3.05, 3.63) is 34.9 Å². The first-order valence-corrected chi connectivity index (χ1v) is 11.8.